The minimum atomic E-state index is -4.05. The Labute approximate surface area is 87.8 Å². The van der Waals surface area contributed by atoms with Crippen LogP contribution in [0, 0.1) is 5.92 Å². The van der Waals surface area contributed by atoms with Crippen LogP contribution in [0.1, 0.15) is 19.3 Å². The van der Waals surface area contributed by atoms with Gasteiger partial charge in [0, 0.05) is 26.2 Å². The Morgan fingerprint density at radius 1 is 1.13 bits per heavy atom. The summed E-state index contributed by atoms with van der Waals surface area (Å²) in [6.07, 6.45) is -1.60. The molecular weight excluding hydrogens is 205 g/mol. The molecule has 0 spiro atoms. The molecule has 0 unspecified atom stereocenters. The first-order valence-electron chi connectivity index (χ1n) is 5.60. The molecule has 0 bridgehead atoms. The Hall–Kier alpha value is -0.290. The highest BCUT2D eigenvalue weighted by Gasteiger charge is 2.49. The van der Waals surface area contributed by atoms with Gasteiger partial charge in [0.15, 0.2) is 0 Å². The highest BCUT2D eigenvalue weighted by atomic mass is 19.4. The van der Waals surface area contributed by atoms with Gasteiger partial charge >= 0.3 is 6.18 Å². The molecule has 1 atom stereocenters. The molecule has 1 saturated carbocycles. The van der Waals surface area contributed by atoms with Gasteiger partial charge in [-0.25, -0.2) is 0 Å². The molecule has 0 aromatic carbocycles. The fourth-order valence-corrected chi connectivity index (χ4v) is 2.49. The van der Waals surface area contributed by atoms with E-state index in [1.54, 1.807) is 4.90 Å². The molecule has 2 rings (SSSR count). The Bertz CT molecular complexity index is 207. The molecule has 1 aliphatic carbocycles. The molecule has 0 amide bonds. The lowest BCUT2D eigenvalue weighted by Gasteiger charge is -2.43. The van der Waals surface area contributed by atoms with Crippen molar-refractivity contribution in [1.82, 2.24) is 10.2 Å². The number of piperazine rings is 1. The molecule has 0 aromatic rings. The number of halogens is 3. The van der Waals surface area contributed by atoms with E-state index in [0.29, 0.717) is 26.2 Å². The smallest absolute Gasteiger partial charge is 0.314 e. The molecule has 5 heteroatoms. The molecule has 88 valence electrons. The molecule has 2 nitrogen and oxygen atoms in total. The zero-order valence-corrected chi connectivity index (χ0v) is 8.69. The largest absolute Gasteiger partial charge is 0.404 e. The van der Waals surface area contributed by atoms with Crippen molar-refractivity contribution in [3.63, 3.8) is 0 Å². The van der Waals surface area contributed by atoms with E-state index in [-0.39, 0.29) is 5.92 Å². The first kappa shape index (κ1) is 11.2. The summed E-state index contributed by atoms with van der Waals surface area (Å²) >= 11 is 0. The molecule has 0 aromatic heterocycles. The fourth-order valence-electron chi connectivity index (χ4n) is 2.49. The van der Waals surface area contributed by atoms with Gasteiger partial charge in [-0.1, -0.05) is 6.42 Å². The van der Waals surface area contributed by atoms with Crippen LogP contribution >= 0.6 is 0 Å². The summed E-state index contributed by atoms with van der Waals surface area (Å²) in [5, 5.41) is 3.09. The third kappa shape index (κ3) is 2.45. The van der Waals surface area contributed by atoms with Gasteiger partial charge < -0.3 is 5.32 Å². The summed E-state index contributed by atoms with van der Waals surface area (Å²) in [4.78, 5) is 1.61. The first-order valence-corrected chi connectivity index (χ1v) is 5.60. The average molecular weight is 222 g/mol. The normalized spacial score (nSPS) is 27.4. The van der Waals surface area contributed by atoms with Gasteiger partial charge in [0.2, 0.25) is 0 Å². The highest BCUT2D eigenvalue weighted by Crippen LogP contribution is 2.40. The van der Waals surface area contributed by atoms with Gasteiger partial charge in [-0.2, -0.15) is 13.2 Å². The lowest BCUT2D eigenvalue weighted by atomic mass is 9.78. The zero-order valence-electron chi connectivity index (χ0n) is 8.69. The third-order valence-corrected chi connectivity index (χ3v) is 3.48. The fraction of sp³-hybridized carbons (Fsp3) is 1.00. The molecular formula is C10H17F3N2. The zero-order chi connectivity index (χ0) is 10.9. The van der Waals surface area contributed by atoms with Gasteiger partial charge in [-0.15, -0.1) is 0 Å². The standard InChI is InChI=1S/C10H17F3N2/c11-10(12,13)9(8-2-1-3-8)15-6-4-14-5-7-15/h8-9,14H,1-7H2/t9-/m1/s1. The van der Waals surface area contributed by atoms with Crippen LogP contribution in [0.3, 0.4) is 0 Å². The van der Waals surface area contributed by atoms with E-state index in [4.69, 9.17) is 0 Å². The van der Waals surface area contributed by atoms with Crippen molar-refractivity contribution < 1.29 is 13.2 Å². The molecule has 1 saturated heterocycles. The second-order valence-electron chi connectivity index (χ2n) is 4.46. The van der Waals surface area contributed by atoms with Crippen molar-refractivity contribution in [2.75, 3.05) is 26.2 Å². The summed E-state index contributed by atoms with van der Waals surface area (Å²) in [5.41, 5.74) is 0. The van der Waals surface area contributed by atoms with Crippen LogP contribution in [0.4, 0.5) is 13.2 Å². The number of alkyl halides is 3. The predicted octanol–water partition coefficient (Wildman–Crippen LogP) is 1.62. The van der Waals surface area contributed by atoms with E-state index in [2.05, 4.69) is 5.32 Å². The number of hydrogen-bond donors (Lipinski definition) is 1. The summed E-state index contributed by atoms with van der Waals surface area (Å²) in [7, 11) is 0. The van der Waals surface area contributed by atoms with E-state index < -0.39 is 12.2 Å². The second kappa shape index (κ2) is 4.29. The SMILES string of the molecule is FC(F)(F)[C@@H](C1CCC1)N1CCNCC1. The van der Waals surface area contributed by atoms with Crippen LogP contribution in [0.2, 0.25) is 0 Å². The quantitative estimate of drug-likeness (QED) is 0.763. The van der Waals surface area contributed by atoms with Gasteiger partial charge in [-0.05, 0) is 18.8 Å². The van der Waals surface area contributed by atoms with Crippen molar-refractivity contribution in [2.45, 2.75) is 31.5 Å². The van der Waals surface area contributed by atoms with Crippen molar-refractivity contribution >= 4 is 0 Å². The summed E-state index contributed by atoms with van der Waals surface area (Å²) in [6, 6.07) is -1.19. The van der Waals surface area contributed by atoms with Crippen LogP contribution in [-0.4, -0.2) is 43.3 Å². The number of nitrogens with zero attached hydrogens (tertiary/aromatic N) is 1. The number of rotatable bonds is 2. The summed E-state index contributed by atoms with van der Waals surface area (Å²) in [5.74, 6) is -0.150. The maximum absolute atomic E-state index is 12.9. The van der Waals surface area contributed by atoms with Crippen LogP contribution in [0.25, 0.3) is 0 Å². The van der Waals surface area contributed by atoms with E-state index in [0.717, 1.165) is 19.3 Å². The van der Waals surface area contributed by atoms with E-state index >= 15 is 0 Å². The second-order valence-corrected chi connectivity index (χ2v) is 4.46. The van der Waals surface area contributed by atoms with Crippen molar-refractivity contribution in [1.29, 1.82) is 0 Å². The highest BCUT2D eigenvalue weighted by molar-refractivity contribution is 4.91. The third-order valence-electron chi connectivity index (χ3n) is 3.48. The Morgan fingerprint density at radius 3 is 2.13 bits per heavy atom. The van der Waals surface area contributed by atoms with Gasteiger partial charge in [0.1, 0.15) is 6.04 Å². The maximum Gasteiger partial charge on any atom is 0.404 e. The van der Waals surface area contributed by atoms with Gasteiger partial charge in [-0.3, -0.25) is 4.90 Å². The minimum Gasteiger partial charge on any atom is -0.314 e. The molecule has 1 heterocycles. The Kier molecular flexibility index (Phi) is 3.21. The maximum atomic E-state index is 12.9. The summed E-state index contributed by atoms with van der Waals surface area (Å²) < 4.78 is 38.7. The predicted molar refractivity (Wildman–Crippen MR) is 51.6 cm³/mol. The molecule has 1 N–H and O–H groups in total. The minimum absolute atomic E-state index is 0.150. The van der Waals surface area contributed by atoms with Gasteiger partial charge in [0.25, 0.3) is 0 Å². The van der Waals surface area contributed by atoms with E-state index in [9.17, 15) is 13.2 Å². The molecule has 2 aliphatic rings. The van der Waals surface area contributed by atoms with Crippen LogP contribution in [-0.2, 0) is 0 Å². The molecule has 0 radical (unpaired) electrons. The Balaban J connectivity index is 2.03. The summed E-state index contributed by atoms with van der Waals surface area (Å²) in [6.45, 7) is 2.42. The average Bonchev–Trinajstić information content (AvgIpc) is 2.10. The van der Waals surface area contributed by atoms with Crippen LogP contribution in [0.5, 0.6) is 0 Å². The first-order chi connectivity index (χ1) is 7.09. The van der Waals surface area contributed by atoms with E-state index in [1.807, 2.05) is 0 Å². The van der Waals surface area contributed by atoms with Crippen molar-refractivity contribution in [3.8, 4) is 0 Å². The van der Waals surface area contributed by atoms with E-state index in [1.165, 1.54) is 0 Å². The van der Waals surface area contributed by atoms with Crippen LogP contribution < -0.4 is 5.32 Å². The lowest BCUT2D eigenvalue weighted by molar-refractivity contribution is -0.206. The molecule has 15 heavy (non-hydrogen) atoms. The lowest BCUT2D eigenvalue weighted by Crippen LogP contribution is -2.57. The van der Waals surface area contributed by atoms with Crippen molar-refractivity contribution in [3.05, 3.63) is 0 Å². The number of nitrogens with one attached hydrogen (secondary N) is 1. The Morgan fingerprint density at radius 2 is 1.73 bits per heavy atom. The van der Waals surface area contributed by atoms with Crippen LogP contribution in [0.15, 0.2) is 0 Å². The number of hydrogen-bond acceptors (Lipinski definition) is 2. The monoisotopic (exact) mass is 222 g/mol. The topological polar surface area (TPSA) is 15.3 Å². The van der Waals surface area contributed by atoms with Gasteiger partial charge in [0.05, 0.1) is 0 Å². The molecule has 1 aliphatic heterocycles. The molecule has 2 fully saturated rings. The van der Waals surface area contributed by atoms with Crippen molar-refractivity contribution in [2.24, 2.45) is 5.92 Å².